The molecule has 4 N–H and O–H groups in total. The van der Waals surface area contributed by atoms with Crippen molar-refractivity contribution in [2.24, 2.45) is 0 Å². The van der Waals surface area contributed by atoms with Gasteiger partial charge < -0.3 is 25.6 Å². The van der Waals surface area contributed by atoms with Crippen LogP contribution in [0.2, 0.25) is 0 Å². The van der Waals surface area contributed by atoms with Gasteiger partial charge in [-0.25, -0.2) is 4.79 Å². The van der Waals surface area contributed by atoms with Gasteiger partial charge in [0, 0.05) is 12.8 Å². The van der Waals surface area contributed by atoms with E-state index in [1.54, 1.807) is 0 Å². The van der Waals surface area contributed by atoms with Crippen LogP contribution in [-0.4, -0.2) is 59.3 Å². The highest BCUT2D eigenvalue weighted by Gasteiger charge is 2.19. The molecular formula is C51H84N2O7. The van der Waals surface area contributed by atoms with Crippen molar-refractivity contribution in [3.05, 3.63) is 85.1 Å². The van der Waals surface area contributed by atoms with Gasteiger partial charge in [-0.2, -0.15) is 0 Å². The molecular weight excluding hydrogens is 753 g/mol. The second-order valence-corrected chi connectivity index (χ2v) is 15.5. The Morgan fingerprint density at radius 3 is 1.48 bits per heavy atom. The van der Waals surface area contributed by atoms with Crippen LogP contribution < -0.4 is 10.6 Å². The minimum atomic E-state index is -1.39. The summed E-state index contributed by atoms with van der Waals surface area (Å²) in [5.41, 5.74) is 0. The second-order valence-electron chi connectivity index (χ2n) is 15.5. The number of hydrogen-bond acceptors (Lipinski definition) is 6. The van der Waals surface area contributed by atoms with Gasteiger partial charge in [-0.15, -0.1) is 0 Å². The Balaban J connectivity index is 4.51. The van der Waals surface area contributed by atoms with E-state index in [-0.39, 0.29) is 30.9 Å². The standard InChI is InChI=1S/C51H84N2O7/c1-3-5-7-9-11-13-15-17-19-20-22-24-26-28-30-35-39-43-50(57)60-46(40-36-32-29-27-25-23-21-18-16-14-12-10-8-6-4-2)41-37-33-31-34-38-42-48(55)52-44-49(56)53-47(45-54)51(58)59/h5,7,11,13,16-19,22-25,28,30,46-47,54H,3-4,6,8-10,12,14-15,20-21,26-27,29,31-45H2,1-2H3,(H,52,55)(H,53,56)(H,58,59)/b7-5-,13-11-,18-16-,19-17-,24-22-,25-23-,30-28-. The van der Waals surface area contributed by atoms with Crippen LogP contribution in [-0.2, 0) is 23.9 Å². The Hall–Kier alpha value is -3.98. The van der Waals surface area contributed by atoms with Crippen molar-refractivity contribution in [2.75, 3.05) is 13.2 Å². The maximum atomic E-state index is 12.8. The van der Waals surface area contributed by atoms with Gasteiger partial charge in [0.05, 0.1) is 13.2 Å². The Kier molecular flexibility index (Phi) is 41.6. The fourth-order valence-corrected chi connectivity index (χ4v) is 6.31. The van der Waals surface area contributed by atoms with E-state index < -0.39 is 24.5 Å². The van der Waals surface area contributed by atoms with Gasteiger partial charge in [-0.05, 0) is 109 Å². The number of aliphatic carboxylic acids is 1. The molecule has 9 heteroatoms. The SMILES string of the molecule is CC/C=C\C/C=C\C/C=C\C/C=C\C/C=C\CCCC(=O)OC(CCCCC/C=C\C/C=C\CCCCCCC)CCCCCCCC(=O)NCC(=O)NC(CO)C(=O)O. The van der Waals surface area contributed by atoms with Crippen LogP contribution in [0.4, 0.5) is 0 Å². The Morgan fingerprint density at radius 2 is 0.967 bits per heavy atom. The number of aliphatic hydroxyl groups excluding tert-OH is 1. The molecule has 2 unspecified atom stereocenters. The fourth-order valence-electron chi connectivity index (χ4n) is 6.31. The summed E-state index contributed by atoms with van der Waals surface area (Å²) in [6.07, 6.45) is 57.5. The summed E-state index contributed by atoms with van der Waals surface area (Å²) in [6.45, 7) is 3.34. The predicted molar refractivity (Wildman–Crippen MR) is 250 cm³/mol. The summed E-state index contributed by atoms with van der Waals surface area (Å²) in [5, 5.41) is 22.6. The lowest BCUT2D eigenvalue weighted by Gasteiger charge is -2.18. The number of unbranched alkanes of at least 4 members (excludes halogenated alkanes) is 13. The average molecular weight is 837 g/mol. The molecule has 0 spiro atoms. The van der Waals surface area contributed by atoms with E-state index >= 15 is 0 Å². The van der Waals surface area contributed by atoms with E-state index in [2.05, 4.69) is 110 Å². The monoisotopic (exact) mass is 837 g/mol. The number of nitrogens with one attached hydrogen (secondary N) is 2. The largest absolute Gasteiger partial charge is 0.480 e. The van der Waals surface area contributed by atoms with Gasteiger partial charge >= 0.3 is 11.9 Å². The highest BCUT2D eigenvalue weighted by molar-refractivity contribution is 5.87. The molecule has 0 aromatic heterocycles. The minimum Gasteiger partial charge on any atom is -0.480 e. The smallest absolute Gasteiger partial charge is 0.328 e. The molecule has 0 aliphatic heterocycles. The Morgan fingerprint density at radius 1 is 0.517 bits per heavy atom. The van der Waals surface area contributed by atoms with Gasteiger partial charge in [-0.1, -0.05) is 150 Å². The lowest BCUT2D eigenvalue weighted by Crippen LogP contribution is -2.47. The molecule has 0 fully saturated rings. The van der Waals surface area contributed by atoms with E-state index in [1.807, 2.05) is 0 Å². The number of allylic oxidation sites excluding steroid dienone is 14. The summed E-state index contributed by atoms with van der Waals surface area (Å²) in [6, 6.07) is -1.39. The zero-order valence-corrected chi connectivity index (χ0v) is 37.7. The number of rotatable bonds is 41. The van der Waals surface area contributed by atoms with Crippen molar-refractivity contribution in [3.8, 4) is 0 Å². The minimum absolute atomic E-state index is 0.0719. The van der Waals surface area contributed by atoms with E-state index in [0.717, 1.165) is 116 Å². The molecule has 2 atom stereocenters. The number of amides is 2. The van der Waals surface area contributed by atoms with Crippen molar-refractivity contribution < 1.29 is 34.1 Å². The number of carboxylic acids is 1. The van der Waals surface area contributed by atoms with Crippen LogP contribution in [0.1, 0.15) is 187 Å². The van der Waals surface area contributed by atoms with Gasteiger partial charge in [0.2, 0.25) is 11.8 Å². The third-order valence-electron chi connectivity index (χ3n) is 9.88. The van der Waals surface area contributed by atoms with Gasteiger partial charge in [0.1, 0.15) is 12.1 Å². The molecule has 340 valence electrons. The van der Waals surface area contributed by atoms with E-state index in [4.69, 9.17) is 14.9 Å². The number of ether oxygens (including phenoxy) is 1. The number of carboxylic acid groups (broad SMARTS) is 1. The molecule has 0 bridgehead atoms. The summed E-state index contributed by atoms with van der Waals surface area (Å²) < 4.78 is 6.01. The fraction of sp³-hybridized carbons (Fsp3) is 0.647. The topological polar surface area (TPSA) is 142 Å². The second kappa shape index (κ2) is 44.6. The first kappa shape index (κ1) is 56.0. The number of esters is 1. The maximum Gasteiger partial charge on any atom is 0.328 e. The normalized spacial score (nSPS) is 13.2. The average Bonchev–Trinajstić information content (AvgIpc) is 3.23. The van der Waals surface area contributed by atoms with Crippen molar-refractivity contribution >= 4 is 23.8 Å². The van der Waals surface area contributed by atoms with Gasteiger partial charge in [0.15, 0.2) is 0 Å². The van der Waals surface area contributed by atoms with Crippen LogP contribution >= 0.6 is 0 Å². The molecule has 0 aliphatic rings. The summed E-state index contributed by atoms with van der Waals surface area (Å²) in [7, 11) is 0. The van der Waals surface area contributed by atoms with E-state index in [0.29, 0.717) is 12.8 Å². The highest BCUT2D eigenvalue weighted by Crippen LogP contribution is 2.18. The van der Waals surface area contributed by atoms with Crippen molar-refractivity contribution in [1.29, 1.82) is 0 Å². The number of aliphatic hydroxyl groups is 1. The molecule has 60 heavy (non-hydrogen) atoms. The molecule has 9 nitrogen and oxygen atoms in total. The number of hydrogen-bond donors (Lipinski definition) is 4. The van der Waals surface area contributed by atoms with Crippen molar-refractivity contribution in [1.82, 2.24) is 10.6 Å². The summed E-state index contributed by atoms with van der Waals surface area (Å²) in [5.74, 6) is -2.39. The number of carbonyl (C=O) groups is 4. The first-order chi connectivity index (χ1) is 29.3. The number of carbonyl (C=O) groups excluding carboxylic acids is 3. The van der Waals surface area contributed by atoms with Crippen LogP contribution in [0.3, 0.4) is 0 Å². The van der Waals surface area contributed by atoms with Crippen molar-refractivity contribution in [3.63, 3.8) is 0 Å². The van der Waals surface area contributed by atoms with Crippen molar-refractivity contribution in [2.45, 2.75) is 199 Å². The quantitative estimate of drug-likeness (QED) is 0.0273. The zero-order valence-electron chi connectivity index (χ0n) is 37.7. The molecule has 0 saturated heterocycles. The third-order valence-corrected chi connectivity index (χ3v) is 9.88. The van der Waals surface area contributed by atoms with Gasteiger partial charge in [0.25, 0.3) is 0 Å². The molecule has 0 aromatic rings. The first-order valence-electron chi connectivity index (χ1n) is 23.5. The highest BCUT2D eigenvalue weighted by atomic mass is 16.5. The maximum absolute atomic E-state index is 12.8. The predicted octanol–water partition coefficient (Wildman–Crippen LogP) is 12.0. The molecule has 0 saturated carbocycles. The van der Waals surface area contributed by atoms with Gasteiger partial charge in [-0.3, -0.25) is 14.4 Å². The summed E-state index contributed by atoms with van der Waals surface area (Å²) >= 11 is 0. The first-order valence-corrected chi connectivity index (χ1v) is 23.5. The third kappa shape index (κ3) is 40.8. The van der Waals surface area contributed by atoms with Crippen LogP contribution in [0, 0.1) is 0 Å². The lowest BCUT2D eigenvalue weighted by molar-refractivity contribution is -0.150. The Labute approximate surface area is 365 Å². The van der Waals surface area contributed by atoms with Crippen LogP contribution in [0.5, 0.6) is 0 Å². The summed E-state index contributed by atoms with van der Waals surface area (Å²) in [4.78, 5) is 47.7. The molecule has 0 heterocycles. The molecule has 0 aromatic carbocycles. The molecule has 2 amide bonds. The van der Waals surface area contributed by atoms with E-state index in [9.17, 15) is 19.2 Å². The zero-order chi connectivity index (χ0) is 44.0. The Bertz CT molecular complexity index is 1280. The van der Waals surface area contributed by atoms with Crippen LogP contribution in [0.25, 0.3) is 0 Å². The van der Waals surface area contributed by atoms with E-state index in [1.165, 1.54) is 38.5 Å². The molecule has 0 radical (unpaired) electrons. The van der Waals surface area contributed by atoms with Crippen LogP contribution in [0.15, 0.2) is 85.1 Å². The molecule has 0 aliphatic carbocycles. The molecule has 0 rings (SSSR count). The lowest BCUT2D eigenvalue weighted by atomic mass is 10.0.